The minimum atomic E-state index is -0.357. The van der Waals surface area contributed by atoms with Crippen molar-refractivity contribution in [2.75, 3.05) is 50.8 Å². The Hall–Kier alpha value is -3.66. The first-order valence-electron chi connectivity index (χ1n) is 15.5. The number of ether oxygens (including phenoxy) is 2. The molecule has 1 aliphatic carbocycles. The molecule has 0 atom stereocenters. The molecule has 0 unspecified atom stereocenters. The number of unbranched alkanes of at least 4 members (excludes halogenated alkanes) is 2. The molecule has 3 aliphatic rings. The maximum Gasteiger partial charge on any atom is 0.298 e. The number of hydrogen-bond donors (Lipinski definition) is 0. The van der Waals surface area contributed by atoms with Gasteiger partial charge in [0.25, 0.3) is 11.1 Å². The molecule has 3 aromatic carbocycles. The fraction of sp³-hybridized carbons (Fsp3) is 0.371. The van der Waals surface area contributed by atoms with Gasteiger partial charge in [-0.1, -0.05) is 12.1 Å². The van der Waals surface area contributed by atoms with Crippen molar-refractivity contribution in [2.24, 2.45) is 5.92 Å². The zero-order valence-corrected chi connectivity index (χ0v) is 25.6. The van der Waals surface area contributed by atoms with Gasteiger partial charge in [-0.3, -0.25) is 9.59 Å². The summed E-state index contributed by atoms with van der Waals surface area (Å²) in [4.78, 5) is 32.6. The Kier molecular flexibility index (Phi) is 9.95. The number of halogens is 1. The molecule has 2 saturated heterocycles. The average Bonchev–Trinajstić information content (AvgIpc) is 3.81. The molecule has 0 N–H and O–H groups in total. The topological polar surface area (TPSA) is 62.3 Å². The summed E-state index contributed by atoms with van der Waals surface area (Å²) in [5.74, 6) is 2.12. The van der Waals surface area contributed by atoms with Crippen LogP contribution in [0.25, 0.3) is 6.08 Å². The summed E-state index contributed by atoms with van der Waals surface area (Å²) in [6, 6.07) is 20.0. The first kappa shape index (κ1) is 30.4. The molecule has 3 fully saturated rings. The second kappa shape index (κ2) is 14.4. The van der Waals surface area contributed by atoms with Gasteiger partial charge in [-0.2, -0.15) is 0 Å². The van der Waals surface area contributed by atoms with Crippen LogP contribution in [0.3, 0.4) is 0 Å². The number of carbonyl (C=O) groups excluding carboxylic acids is 2. The molecule has 7 nitrogen and oxygen atoms in total. The SMILES string of the molecule is O=C1S/C(=C\c2ccc(Oc3ccc(F)cc3)cc2)C(=O)N1c1ccc(OCCCCCN2CCN(CC3CC3)CC2)cc1. The van der Waals surface area contributed by atoms with Crippen LogP contribution >= 0.6 is 11.8 Å². The van der Waals surface area contributed by atoms with Crippen molar-refractivity contribution >= 4 is 34.7 Å². The molecular weight excluding hydrogens is 577 g/mol. The Balaban J connectivity index is 0.922. The van der Waals surface area contributed by atoms with Gasteiger partial charge in [0.15, 0.2) is 0 Å². The van der Waals surface area contributed by atoms with Gasteiger partial charge in [0.05, 0.1) is 17.2 Å². The molecule has 0 radical (unpaired) electrons. The molecule has 9 heteroatoms. The van der Waals surface area contributed by atoms with Crippen LogP contribution in [0, 0.1) is 11.7 Å². The Labute approximate surface area is 262 Å². The Morgan fingerprint density at radius 1 is 0.773 bits per heavy atom. The van der Waals surface area contributed by atoms with Crippen LogP contribution in [0.15, 0.2) is 77.7 Å². The molecule has 0 bridgehead atoms. The van der Waals surface area contributed by atoms with Crippen LogP contribution in [-0.4, -0.2) is 66.8 Å². The van der Waals surface area contributed by atoms with E-state index in [-0.39, 0.29) is 17.0 Å². The van der Waals surface area contributed by atoms with E-state index < -0.39 is 0 Å². The van der Waals surface area contributed by atoms with E-state index in [4.69, 9.17) is 9.47 Å². The van der Waals surface area contributed by atoms with Gasteiger partial charge in [0.2, 0.25) is 0 Å². The van der Waals surface area contributed by atoms with Crippen molar-refractivity contribution in [3.8, 4) is 17.2 Å². The molecule has 0 aromatic heterocycles. The highest BCUT2D eigenvalue weighted by atomic mass is 32.2. The van der Waals surface area contributed by atoms with Gasteiger partial charge < -0.3 is 19.3 Å². The number of anilines is 1. The average molecular weight is 616 g/mol. The third kappa shape index (κ3) is 8.28. The number of nitrogens with zero attached hydrogens (tertiary/aromatic N) is 3. The maximum absolute atomic E-state index is 13.1. The smallest absolute Gasteiger partial charge is 0.298 e. The normalized spacial score (nSPS) is 18.8. The number of thioether (sulfide) groups is 1. The van der Waals surface area contributed by atoms with E-state index in [1.165, 1.54) is 69.0 Å². The van der Waals surface area contributed by atoms with Crippen LogP contribution in [-0.2, 0) is 4.79 Å². The van der Waals surface area contributed by atoms with E-state index in [0.717, 1.165) is 48.4 Å². The third-order valence-corrected chi connectivity index (χ3v) is 9.05. The van der Waals surface area contributed by atoms with Gasteiger partial charge >= 0.3 is 0 Å². The lowest BCUT2D eigenvalue weighted by atomic mass is 10.2. The third-order valence-electron chi connectivity index (χ3n) is 8.18. The Morgan fingerprint density at radius 3 is 2.09 bits per heavy atom. The Bertz CT molecular complexity index is 1450. The summed E-state index contributed by atoms with van der Waals surface area (Å²) in [6.45, 7) is 7.92. The molecular formula is C35H38FN3O4S. The second-order valence-electron chi connectivity index (χ2n) is 11.6. The highest BCUT2D eigenvalue weighted by Gasteiger charge is 2.36. The first-order chi connectivity index (χ1) is 21.5. The van der Waals surface area contributed by atoms with Crippen LogP contribution < -0.4 is 14.4 Å². The summed E-state index contributed by atoms with van der Waals surface area (Å²) in [5, 5.41) is -0.337. The maximum atomic E-state index is 13.1. The van der Waals surface area contributed by atoms with E-state index in [1.807, 2.05) is 12.1 Å². The summed E-state index contributed by atoms with van der Waals surface area (Å²) in [5.41, 5.74) is 1.28. The highest BCUT2D eigenvalue weighted by molar-refractivity contribution is 8.19. The second-order valence-corrected chi connectivity index (χ2v) is 12.6. The standard InChI is InChI=1S/C35H38FN3O4S/c36-28-8-14-32(15-9-28)43-31-12-6-26(7-13-31)24-33-34(40)39(35(41)44-33)29-10-16-30(17-11-29)42-23-3-1-2-18-37-19-21-38(22-20-37)25-27-4-5-27/h6-17,24,27H,1-5,18-23,25H2/b33-24-. The first-order valence-corrected chi connectivity index (χ1v) is 16.3. The monoisotopic (exact) mass is 615 g/mol. The zero-order chi connectivity index (χ0) is 30.3. The molecule has 1 saturated carbocycles. The van der Waals surface area contributed by atoms with E-state index in [2.05, 4.69) is 9.80 Å². The van der Waals surface area contributed by atoms with Crippen LogP contribution in [0.5, 0.6) is 17.2 Å². The Morgan fingerprint density at radius 2 is 1.41 bits per heavy atom. The van der Waals surface area contributed by atoms with E-state index in [9.17, 15) is 14.0 Å². The number of rotatable bonds is 13. The summed E-state index contributed by atoms with van der Waals surface area (Å²) in [7, 11) is 0. The van der Waals surface area contributed by atoms with E-state index in [1.54, 1.807) is 54.6 Å². The number of hydrogen-bond acceptors (Lipinski definition) is 7. The highest BCUT2D eigenvalue weighted by Crippen LogP contribution is 2.36. The lowest BCUT2D eigenvalue weighted by Gasteiger charge is -2.34. The van der Waals surface area contributed by atoms with Crippen molar-refractivity contribution in [2.45, 2.75) is 32.1 Å². The number of piperazine rings is 1. The zero-order valence-electron chi connectivity index (χ0n) is 24.8. The van der Waals surface area contributed by atoms with Crippen molar-refractivity contribution in [3.05, 3.63) is 89.1 Å². The number of imide groups is 1. The van der Waals surface area contributed by atoms with Gasteiger partial charge in [-0.05, 0) is 129 Å². The van der Waals surface area contributed by atoms with Crippen molar-refractivity contribution in [3.63, 3.8) is 0 Å². The van der Waals surface area contributed by atoms with Gasteiger partial charge in [0.1, 0.15) is 23.1 Å². The van der Waals surface area contributed by atoms with Crippen molar-refractivity contribution < 1.29 is 23.5 Å². The lowest BCUT2D eigenvalue weighted by Crippen LogP contribution is -2.47. The summed E-state index contributed by atoms with van der Waals surface area (Å²) >= 11 is 0.915. The van der Waals surface area contributed by atoms with Gasteiger partial charge in [0, 0.05) is 32.7 Å². The van der Waals surface area contributed by atoms with Gasteiger partial charge in [-0.15, -0.1) is 0 Å². The number of carbonyl (C=O) groups is 2. The summed E-state index contributed by atoms with van der Waals surface area (Å²) < 4.78 is 24.8. The molecule has 6 rings (SSSR count). The van der Waals surface area contributed by atoms with Crippen LogP contribution in [0.2, 0.25) is 0 Å². The molecule has 2 heterocycles. The fourth-order valence-corrected chi connectivity index (χ4v) is 6.31. The van der Waals surface area contributed by atoms with E-state index >= 15 is 0 Å². The van der Waals surface area contributed by atoms with Crippen LogP contribution in [0.4, 0.5) is 14.9 Å². The number of amides is 2. The van der Waals surface area contributed by atoms with E-state index in [0.29, 0.717) is 28.7 Å². The van der Waals surface area contributed by atoms with Crippen molar-refractivity contribution in [1.82, 2.24) is 9.80 Å². The van der Waals surface area contributed by atoms with Crippen molar-refractivity contribution in [1.29, 1.82) is 0 Å². The molecule has 2 aliphatic heterocycles. The van der Waals surface area contributed by atoms with Gasteiger partial charge in [-0.25, -0.2) is 9.29 Å². The predicted octanol–water partition coefficient (Wildman–Crippen LogP) is 7.44. The fourth-order valence-electron chi connectivity index (χ4n) is 5.47. The minimum Gasteiger partial charge on any atom is -0.494 e. The minimum absolute atomic E-state index is 0.328. The lowest BCUT2D eigenvalue weighted by molar-refractivity contribution is -0.113. The number of benzene rings is 3. The molecule has 44 heavy (non-hydrogen) atoms. The quantitative estimate of drug-likeness (QED) is 0.146. The van der Waals surface area contributed by atoms with Crippen LogP contribution in [0.1, 0.15) is 37.7 Å². The molecule has 3 aromatic rings. The molecule has 2 amide bonds. The largest absolute Gasteiger partial charge is 0.494 e. The molecule has 230 valence electrons. The molecule has 0 spiro atoms. The summed E-state index contributed by atoms with van der Waals surface area (Å²) in [6.07, 6.45) is 7.87. The predicted molar refractivity (Wildman–Crippen MR) is 173 cm³/mol.